The minimum Gasteiger partial charge on any atom is -1.00 e. The Morgan fingerprint density at radius 3 is 1.00 bits per heavy atom. The van der Waals surface area contributed by atoms with Crippen LogP contribution < -0.4 is 0 Å². The molecule has 10 heteroatoms. The monoisotopic (exact) mass is 338 g/mol. The van der Waals surface area contributed by atoms with Crippen molar-refractivity contribution >= 4 is 58.1 Å². The molecule has 0 fully saturated rings. The van der Waals surface area contributed by atoms with Crippen molar-refractivity contribution in [3.63, 3.8) is 0 Å². The summed E-state index contributed by atoms with van der Waals surface area (Å²) in [4.78, 5) is 14.3. The quantitative estimate of drug-likeness (QED) is 0.420. The summed E-state index contributed by atoms with van der Waals surface area (Å²) in [5.41, 5.74) is 0. The maximum Gasteiger partial charge on any atom is 2.00 e. The Kier molecular flexibility index (Phi) is 273. The van der Waals surface area contributed by atoms with E-state index in [1.165, 1.54) is 0 Å². The first-order valence-electron chi connectivity index (χ1n) is 0.651. The molecular weight excluding hydrogens is 325 g/mol. The smallest absolute Gasteiger partial charge is 1.00 e. The molecule has 0 saturated heterocycles. The van der Waals surface area contributed by atoms with Crippen LogP contribution in [0.2, 0.25) is 0 Å². The third-order valence-electron chi connectivity index (χ3n) is 0. The topological polar surface area (TPSA) is 184 Å². The molecule has 0 aliphatic carbocycles. The van der Waals surface area contributed by atoms with Crippen LogP contribution in [0, 0.1) is 0 Å². The third kappa shape index (κ3) is 245. The number of rotatable bonds is 0. The Labute approximate surface area is 117 Å². The molecule has 0 atom stereocenters. The van der Waals surface area contributed by atoms with E-state index in [0.717, 1.165) is 0 Å². The fourth-order valence-corrected chi connectivity index (χ4v) is 0. The molecule has 7 nitrogen and oxygen atoms in total. The summed E-state index contributed by atoms with van der Waals surface area (Å²) in [5, 5.41) is 0. The molecule has 0 bridgehead atoms. The standard InChI is InChI=1S/Ba.H2O3Si.4H2O.Ti.2H/c;1-4(2)3;;;;;;;/h;1-2H;4*1H2;;;/q+2;;;;;;;2*-1. The van der Waals surface area contributed by atoms with Gasteiger partial charge in [0.15, 0.2) is 0 Å². The fourth-order valence-electron chi connectivity index (χ4n) is 0. The molecule has 0 aromatic carbocycles. The van der Waals surface area contributed by atoms with Gasteiger partial charge in [0.1, 0.15) is 0 Å². The normalized spacial score (nSPS) is 2.40. The van der Waals surface area contributed by atoms with E-state index in [-0.39, 0.29) is 95.4 Å². The zero-order valence-corrected chi connectivity index (χ0v) is 12.0. The van der Waals surface area contributed by atoms with Crippen LogP contribution in [0.15, 0.2) is 0 Å². The zero-order valence-electron chi connectivity index (χ0n) is 7.01. The molecule has 0 rings (SSSR count). The minimum absolute atomic E-state index is 0. The summed E-state index contributed by atoms with van der Waals surface area (Å²) in [6.45, 7) is 0. The maximum absolute atomic E-state index is 8.74. The van der Waals surface area contributed by atoms with Crippen LogP contribution in [0.5, 0.6) is 0 Å². The largest absolute Gasteiger partial charge is 2.00 e. The van der Waals surface area contributed by atoms with Crippen molar-refractivity contribution < 1.29 is 60.5 Å². The second-order valence-electron chi connectivity index (χ2n) is 0.283. The van der Waals surface area contributed by atoms with E-state index in [1.54, 1.807) is 0 Å². The molecule has 0 heterocycles. The molecule has 0 aliphatic rings. The van der Waals surface area contributed by atoms with E-state index in [4.69, 9.17) is 14.1 Å². The predicted octanol–water partition coefficient (Wildman–Crippen LogP) is -5.07. The molecule has 0 aromatic heterocycles. The van der Waals surface area contributed by atoms with Crippen LogP contribution in [0.1, 0.15) is 2.85 Å². The van der Waals surface area contributed by atoms with Gasteiger partial charge in [-0.15, -0.1) is 0 Å². The first kappa shape index (κ1) is 60.2. The van der Waals surface area contributed by atoms with Crippen LogP contribution in [0.4, 0.5) is 0 Å². The Morgan fingerprint density at radius 2 is 1.00 bits per heavy atom. The number of hydrogen-bond donors (Lipinski definition) is 2. The predicted molar refractivity (Wildman–Crippen MR) is 33.3 cm³/mol. The molecule has 10 heavy (non-hydrogen) atoms. The summed E-state index contributed by atoms with van der Waals surface area (Å²) >= 11 is 0. The van der Waals surface area contributed by atoms with E-state index in [2.05, 4.69) is 0 Å². The van der Waals surface area contributed by atoms with Crippen LogP contribution in [0.3, 0.4) is 0 Å². The average Bonchev–Trinajstić information content (AvgIpc) is 0.811. The zero-order chi connectivity index (χ0) is 3.58. The second-order valence-corrected chi connectivity index (χ2v) is 0.848. The number of hydrogen-bond acceptors (Lipinski definition) is 1. The molecule has 64 valence electrons. The van der Waals surface area contributed by atoms with Crippen molar-refractivity contribution in [3.8, 4) is 0 Å². The summed E-state index contributed by atoms with van der Waals surface area (Å²) in [5.74, 6) is 0. The van der Waals surface area contributed by atoms with Gasteiger partial charge in [0.25, 0.3) is 0 Å². The second kappa shape index (κ2) is 45.3. The van der Waals surface area contributed by atoms with Gasteiger partial charge in [0, 0.05) is 21.7 Å². The summed E-state index contributed by atoms with van der Waals surface area (Å²) in [6, 6.07) is 0. The van der Waals surface area contributed by atoms with Gasteiger partial charge in [0.2, 0.25) is 0 Å². The Bertz CT molecular complexity index is 44.4. The van der Waals surface area contributed by atoms with Gasteiger partial charge < -0.3 is 34.3 Å². The molecule has 0 unspecified atom stereocenters. The average molecular weight is 337 g/mol. The summed E-state index contributed by atoms with van der Waals surface area (Å²) in [6.07, 6.45) is 0. The molecular formula is H12BaO7SiTi. The fraction of sp³-hybridized carbons (Fsp3) is 0. The minimum atomic E-state index is -3.13. The van der Waals surface area contributed by atoms with Crippen LogP contribution in [-0.4, -0.2) is 89.5 Å². The molecule has 0 aromatic rings. The van der Waals surface area contributed by atoms with Crippen molar-refractivity contribution in [1.29, 1.82) is 0 Å². The van der Waals surface area contributed by atoms with E-state index in [1.807, 2.05) is 0 Å². The van der Waals surface area contributed by atoms with Crippen molar-refractivity contribution in [3.05, 3.63) is 0 Å². The van der Waals surface area contributed by atoms with Gasteiger partial charge in [0.05, 0.1) is 0 Å². The summed E-state index contributed by atoms with van der Waals surface area (Å²) < 4.78 is 8.74. The van der Waals surface area contributed by atoms with Crippen LogP contribution in [0.25, 0.3) is 0 Å². The molecule has 0 amide bonds. The van der Waals surface area contributed by atoms with Crippen LogP contribution in [-0.2, 0) is 26.2 Å². The van der Waals surface area contributed by atoms with E-state index in [0.29, 0.717) is 0 Å². The van der Waals surface area contributed by atoms with Gasteiger partial charge in [-0.05, 0) is 0 Å². The third-order valence-corrected chi connectivity index (χ3v) is 0. The van der Waals surface area contributed by atoms with Gasteiger partial charge in [-0.2, -0.15) is 0 Å². The Balaban J connectivity index is -0.00000000161. The Morgan fingerprint density at radius 1 is 1.00 bits per heavy atom. The van der Waals surface area contributed by atoms with Crippen LogP contribution >= 0.6 is 0 Å². The van der Waals surface area contributed by atoms with Crippen molar-refractivity contribution in [2.75, 3.05) is 0 Å². The Hall–Kier alpha value is 1.74. The SMILES string of the molecule is O.O.O.O.O=[Si](O)O.[Ba+2].[H-].[H-].[Ti]. The van der Waals surface area contributed by atoms with E-state index < -0.39 is 9.17 Å². The molecule has 10 N–H and O–H groups in total. The van der Waals surface area contributed by atoms with E-state index in [9.17, 15) is 0 Å². The maximum atomic E-state index is 8.74. The molecule has 0 spiro atoms. The molecule has 0 aliphatic heterocycles. The van der Waals surface area contributed by atoms with Gasteiger partial charge >= 0.3 is 58.1 Å². The van der Waals surface area contributed by atoms with Crippen molar-refractivity contribution in [2.24, 2.45) is 0 Å². The van der Waals surface area contributed by atoms with Gasteiger partial charge in [-0.3, -0.25) is 4.46 Å². The molecule has 0 saturated carbocycles. The first-order chi connectivity index (χ1) is 1.73. The van der Waals surface area contributed by atoms with Gasteiger partial charge in [-0.1, -0.05) is 0 Å². The van der Waals surface area contributed by atoms with Crippen molar-refractivity contribution in [2.45, 2.75) is 0 Å². The van der Waals surface area contributed by atoms with Gasteiger partial charge in [-0.25, -0.2) is 0 Å². The van der Waals surface area contributed by atoms with E-state index >= 15 is 0 Å². The summed E-state index contributed by atoms with van der Waals surface area (Å²) in [7, 11) is -3.13. The first-order valence-corrected chi connectivity index (χ1v) is 1.95. The van der Waals surface area contributed by atoms with Crippen molar-refractivity contribution in [1.82, 2.24) is 0 Å². The molecule has 0 radical (unpaired) electrons.